The predicted molar refractivity (Wildman–Crippen MR) is 56.0 cm³/mol. The van der Waals surface area contributed by atoms with Gasteiger partial charge in [0.2, 0.25) is 0 Å². The maximum absolute atomic E-state index is 10.4. The number of hydrogen-bond donors (Lipinski definition) is 2. The highest BCUT2D eigenvalue weighted by Gasteiger charge is 2.24. The highest BCUT2D eigenvalue weighted by Crippen LogP contribution is 2.35. The summed E-state index contributed by atoms with van der Waals surface area (Å²) < 4.78 is 0. The molecule has 0 aromatic heterocycles. The van der Waals surface area contributed by atoms with Gasteiger partial charge in [0, 0.05) is 6.04 Å². The topological polar surface area (TPSA) is 63.3 Å². The fraction of sp³-hybridized carbons (Fsp3) is 0.909. The van der Waals surface area contributed by atoms with E-state index in [1.807, 2.05) is 0 Å². The number of aliphatic carboxylic acids is 1. The van der Waals surface area contributed by atoms with Crippen molar-refractivity contribution in [1.29, 1.82) is 0 Å². The number of carboxylic acid groups (broad SMARTS) is 1. The first-order valence-electron chi connectivity index (χ1n) is 5.57. The molecule has 0 heterocycles. The fourth-order valence-electron chi connectivity index (χ4n) is 2.05. The van der Waals surface area contributed by atoms with Crippen molar-refractivity contribution >= 4 is 5.97 Å². The van der Waals surface area contributed by atoms with Gasteiger partial charge in [0.05, 0.1) is 6.42 Å². The van der Waals surface area contributed by atoms with Crippen LogP contribution in [0.2, 0.25) is 0 Å². The first kappa shape index (κ1) is 11.5. The molecule has 1 rings (SSSR count). The molecule has 0 bridgehead atoms. The van der Waals surface area contributed by atoms with Gasteiger partial charge in [-0.1, -0.05) is 26.2 Å². The molecule has 2 atom stereocenters. The Bertz CT molecular complexity index is 190. The standard InChI is InChI=1S/C11H21NO2/c1-8(9-3-2-4-9)5-6-10(12)7-11(13)14/h8-10H,2-7,12H2,1H3,(H,13,14)/t8?,10-/m0/s1. The first-order valence-corrected chi connectivity index (χ1v) is 5.57. The van der Waals surface area contributed by atoms with Crippen molar-refractivity contribution < 1.29 is 9.90 Å². The average molecular weight is 199 g/mol. The van der Waals surface area contributed by atoms with E-state index in [9.17, 15) is 4.79 Å². The molecule has 3 nitrogen and oxygen atoms in total. The molecule has 1 saturated carbocycles. The Kier molecular flexibility index (Phi) is 4.39. The minimum atomic E-state index is -0.784. The molecule has 1 fully saturated rings. The summed E-state index contributed by atoms with van der Waals surface area (Å²) in [5.74, 6) is 0.824. The van der Waals surface area contributed by atoms with E-state index < -0.39 is 5.97 Å². The maximum atomic E-state index is 10.4. The molecular formula is C11H21NO2. The highest BCUT2D eigenvalue weighted by atomic mass is 16.4. The fourth-order valence-corrected chi connectivity index (χ4v) is 2.05. The summed E-state index contributed by atoms with van der Waals surface area (Å²) in [7, 11) is 0. The van der Waals surface area contributed by atoms with Crippen LogP contribution in [0.4, 0.5) is 0 Å². The van der Waals surface area contributed by atoms with Crippen LogP contribution < -0.4 is 5.73 Å². The molecule has 1 unspecified atom stereocenters. The van der Waals surface area contributed by atoms with Crippen LogP contribution in [0.5, 0.6) is 0 Å². The third kappa shape index (κ3) is 3.66. The van der Waals surface area contributed by atoms with Crippen molar-refractivity contribution in [3.05, 3.63) is 0 Å². The van der Waals surface area contributed by atoms with E-state index in [0.717, 1.165) is 24.7 Å². The van der Waals surface area contributed by atoms with Gasteiger partial charge in [-0.2, -0.15) is 0 Å². The molecular weight excluding hydrogens is 178 g/mol. The zero-order valence-corrected chi connectivity index (χ0v) is 8.91. The third-order valence-corrected chi connectivity index (χ3v) is 3.38. The summed E-state index contributed by atoms with van der Waals surface area (Å²) >= 11 is 0. The van der Waals surface area contributed by atoms with Gasteiger partial charge in [-0.3, -0.25) is 4.79 Å². The average Bonchev–Trinajstić information content (AvgIpc) is 1.96. The lowest BCUT2D eigenvalue weighted by atomic mass is 9.75. The molecule has 0 saturated heterocycles. The van der Waals surface area contributed by atoms with E-state index >= 15 is 0 Å². The van der Waals surface area contributed by atoms with Crippen LogP contribution in [0.15, 0.2) is 0 Å². The van der Waals surface area contributed by atoms with E-state index in [2.05, 4.69) is 6.92 Å². The van der Waals surface area contributed by atoms with Crippen LogP contribution in [-0.2, 0) is 4.79 Å². The number of nitrogens with two attached hydrogens (primary N) is 1. The Morgan fingerprint density at radius 2 is 2.14 bits per heavy atom. The van der Waals surface area contributed by atoms with E-state index in [1.54, 1.807) is 0 Å². The van der Waals surface area contributed by atoms with E-state index in [1.165, 1.54) is 19.3 Å². The van der Waals surface area contributed by atoms with Crippen molar-refractivity contribution in [2.45, 2.75) is 51.5 Å². The van der Waals surface area contributed by atoms with Crippen LogP contribution in [0.25, 0.3) is 0 Å². The van der Waals surface area contributed by atoms with Crippen LogP contribution in [0, 0.1) is 11.8 Å². The van der Waals surface area contributed by atoms with Crippen molar-refractivity contribution in [2.75, 3.05) is 0 Å². The monoisotopic (exact) mass is 199 g/mol. The van der Waals surface area contributed by atoms with Crippen molar-refractivity contribution in [2.24, 2.45) is 17.6 Å². The van der Waals surface area contributed by atoms with Gasteiger partial charge in [0.25, 0.3) is 0 Å². The predicted octanol–water partition coefficient (Wildman–Crippen LogP) is 2.00. The lowest BCUT2D eigenvalue weighted by Crippen LogP contribution is -2.26. The molecule has 1 aliphatic rings. The van der Waals surface area contributed by atoms with Gasteiger partial charge in [0.1, 0.15) is 0 Å². The molecule has 3 heteroatoms. The van der Waals surface area contributed by atoms with Crippen LogP contribution in [0.3, 0.4) is 0 Å². The second kappa shape index (κ2) is 5.35. The van der Waals surface area contributed by atoms with Crippen LogP contribution >= 0.6 is 0 Å². The molecule has 3 N–H and O–H groups in total. The smallest absolute Gasteiger partial charge is 0.304 e. The summed E-state index contributed by atoms with van der Waals surface area (Å²) in [4.78, 5) is 10.4. The van der Waals surface area contributed by atoms with Gasteiger partial charge in [-0.25, -0.2) is 0 Å². The molecule has 1 aliphatic carbocycles. The Labute approximate surface area is 85.7 Å². The third-order valence-electron chi connectivity index (χ3n) is 3.38. The summed E-state index contributed by atoms with van der Waals surface area (Å²) in [6.07, 6.45) is 6.13. The van der Waals surface area contributed by atoms with Gasteiger partial charge in [0.15, 0.2) is 0 Å². The lowest BCUT2D eigenvalue weighted by molar-refractivity contribution is -0.137. The van der Waals surface area contributed by atoms with Crippen molar-refractivity contribution in [3.8, 4) is 0 Å². The summed E-state index contributed by atoms with van der Waals surface area (Å²) in [6.45, 7) is 2.26. The van der Waals surface area contributed by atoms with Crippen molar-refractivity contribution in [3.63, 3.8) is 0 Å². The molecule has 14 heavy (non-hydrogen) atoms. The van der Waals surface area contributed by atoms with Gasteiger partial charge in [-0.05, 0) is 24.7 Å². The van der Waals surface area contributed by atoms with Crippen LogP contribution in [0.1, 0.15) is 45.4 Å². The molecule has 0 amide bonds. The Hall–Kier alpha value is -0.570. The van der Waals surface area contributed by atoms with E-state index in [4.69, 9.17) is 10.8 Å². The second-order valence-electron chi connectivity index (χ2n) is 4.60. The number of carbonyl (C=O) groups is 1. The Morgan fingerprint density at radius 3 is 2.57 bits per heavy atom. The quantitative estimate of drug-likeness (QED) is 0.687. The van der Waals surface area contributed by atoms with Crippen molar-refractivity contribution in [1.82, 2.24) is 0 Å². The number of hydrogen-bond acceptors (Lipinski definition) is 2. The second-order valence-corrected chi connectivity index (χ2v) is 4.60. The summed E-state index contributed by atoms with van der Waals surface area (Å²) in [5, 5.41) is 8.54. The minimum absolute atomic E-state index is 0.109. The SMILES string of the molecule is CC(CC[C@H](N)CC(=O)O)C1CCC1. The molecule has 0 aromatic carbocycles. The zero-order chi connectivity index (χ0) is 10.6. The van der Waals surface area contributed by atoms with Crippen LogP contribution in [-0.4, -0.2) is 17.1 Å². The molecule has 0 aliphatic heterocycles. The number of carboxylic acids is 1. The van der Waals surface area contributed by atoms with E-state index in [-0.39, 0.29) is 12.5 Å². The highest BCUT2D eigenvalue weighted by molar-refractivity contribution is 5.67. The zero-order valence-electron chi connectivity index (χ0n) is 8.91. The lowest BCUT2D eigenvalue weighted by Gasteiger charge is -2.31. The Balaban J connectivity index is 2.09. The number of rotatable bonds is 6. The molecule has 82 valence electrons. The molecule has 0 aromatic rings. The minimum Gasteiger partial charge on any atom is -0.481 e. The molecule has 0 spiro atoms. The van der Waals surface area contributed by atoms with Gasteiger partial charge in [-0.15, -0.1) is 0 Å². The summed E-state index contributed by atoms with van der Waals surface area (Å²) in [5.41, 5.74) is 5.70. The van der Waals surface area contributed by atoms with Gasteiger partial charge < -0.3 is 10.8 Å². The van der Waals surface area contributed by atoms with Gasteiger partial charge >= 0.3 is 5.97 Å². The normalized spacial score (nSPS) is 21.3. The Morgan fingerprint density at radius 1 is 1.50 bits per heavy atom. The molecule has 0 radical (unpaired) electrons. The van der Waals surface area contributed by atoms with E-state index in [0.29, 0.717) is 0 Å². The largest absolute Gasteiger partial charge is 0.481 e. The maximum Gasteiger partial charge on any atom is 0.304 e. The first-order chi connectivity index (χ1) is 6.59. The summed E-state index contributed by atoms with van der Waals surface area (Å²) in [6, 6.07) is -0.157.